The highest BCUT2D eigenvalue weighted by Crippen LogP contribution is 2.60. The maximum absolute atomic E-state index is 13.1. The molecule has 4 aliphatic carbocycles. The number of nitrogens with one attached hydrogen (secondary N) is 1. The zero-order chi connectivity index (χ0) is 20.9. The van der Waals surface area contributed by atoms with E-state index in [-0.39, 0.29) is 11.3 Å². The van der Waals surface area contributed by atoms with Crippen LogP contribution in [0.2, 0.25) is 0 Å². The van der Waals surface area contributed by atoms with E-state index in [0.29, 0.717) is 30.4 Å². The largest absolute Gasteiger partial charge is 0.356 e. The van der Waals surface area contributed by atoms with Crippen LogP contribution < -0.4 is 5.32 Å². The van der Waals surface area contributed by atoms with E-state index in [0.717, 1.165) is 55.4 Å². The van der Waals surface area contributed by atoms with Crippen LogP contribution in [-0.4, -0.2) is 38.3 Å². The Bertz CT molecular complexity index is 874. The molecule has 6 heteroatoms. The molecule has 0 aromatic heterocycles. The Morgan fingerprint density at radius 2 is 1.67 bits per heavy atom. The van der Waals surface area contributed by atoms with Gasteiger partial charge in [0.25, 0.3) is 0 Å². The van der Waals surface area contributed by atoms with Crippen LogP contribution in [0.5, 0.6) is 0 Å². The van der Waals surface area contributed by atoms with Crippen LogP contribution in [-0.2, 0) is 14.8 Å². The summed E-state index contributed by atoms with van der Waals surface area (Å²) in [5.74, 6) is 2.93. The van der Waals surface area contributed by atoms with Crippen molar-refractivity contribution in [3.8, 4) is 0 Å². The number of nitrogens with zero attached hydrogens (tertiary/aromatic N) is 1. The Labute approximate surface area is 180 Å². The van der Waals surface area contributed by atoms with Gasteiger partial charge in [0, 0.05) is 25.0 Å². The Hall–Kier alpha value is -1.40. The summed E-state index contributed by atoms with van der Waals surface area (Å²) in [4.78, 5) is 13.5. The van der Waals surface area contributed by atoms with Crippen molar-refractivity contribution in [2.75, 3.05) is 19.6 Å². The summed E-state index contributed by atoms with van der Waals surface area (Å²) in [6, 6.07) is 7.09. The summed E-state index contributed by atoms with van der Waals surface area (Å²) < 4.78 is 27.4. The molecule has 0 spiro atoms. The predicted molar refractivity (Wildman–Crippen MR) is 116 cm³/mol. The average Bonchev–Trinajstić information content (AvgIpc) is 3.17. The smallest absolute Gasteiger partial charge is 0.243 e. The van der Waals surface area contributed by atoms with Gasteiger partial charge in [-0.05, 0) is 94.1 Å². The fourth-order valence-electron chi connectivity index (χ4n) is 7.08. The number of rotatable bonds is 6. The van der Waals surface area contributed by atoms with E-state index >= 15 is 0 Å². The van der Waals surface area contributed by atoms with Crippen molar-refractivity contribution in [2.24, 2.45) is 29.1 Å². The lowest BCUT2D eigenvalue weighted by molar-refractivity contribution is -0.146. The SMILES string of the molecule is Cc1ccc(S(=O)(=O)N2CCC(CCNC(=O)C34CC5CC(CC(C5)C3)C4)C2)cc1. The molecular weight excluding hydrogens is 396 g/mol. The highest BCUT2D eigenvalue weighted by atomic mass is 32.2. The van der Waals surface area contributed by atoms with Crippen molar-refractivity contribution >= 4 is 15.9 Å². The number of sulfonamides is 1. The van der Waals surface area contributed by atoms with E-state index in [4.69, 9.17) is 0 Å². The normalized spacial score (nSPS) is 35.6. The first-order chi connectivity index (χ1) is 14.3. The molecule has 5 aliphatic rings. The molecule has 1 atom stereocenters. The van der Waals surface area contributed by atoms with Crippen LogP contribution in [0, 0.1) is 36.0 Å². The van der Waals surface area contributed by atoms with Gasteiger partial charge in [-0.3, -0.25) is 4.79 Å². The molecule has 1 N–H and O–H groups in total. The quantitative estimate of drug-likeness (QED) is 0.748. The minimum Gasteiger partial charge on any atom is -0.356 e. The third-order valence-corrected chi connectivity index (χ3v) is 10.1. The zero-order valence-corrected chi connectivity index (χ0v) is 18.8. The van der Waals surface area contributed by atoms with Crippen LogP contribution in [0.3, 0.4) is 0 Å². The van der Waals surface area contributed by atoms with Gasteiger partial charge in [0.05, 0.1) is 4.90 Å². The first kappa shape index (κ1) is 20.5. The minimum atomic E-state index is -3.41. The topological polar surface area (TPSA) is 66.5 Å². The van der Waals surface area contributed by atoms with Gasteiger partial charge in [-0.15, -0.1) is 0 Å². The summed E-state index contributed by atoms with van der Waals surface area (Å²) >= 11 is 0. The number of amides is 1. The van der Waals surface area contributed by atoms with Gasteiger partial charge < -0.3 is 5.32 Å². The maximum atomic E-state index is 13.1. The van der Waals surface area contributed by atoms with Crippen molar-refractivity contribution in [3.05, 3.63) is 29.8 Å². The fourth-order valence-corrected chi connectivity index (χ4v) is 8.61. The number of hydrogen-bond acceptors (Lipinski definition) is 3. The molecule has 5 fully saturated rings. The van der Waals surface area contributed by atoms with Crippen molar-refractivity contribution in [1.29, 1.82) is 0 Å². The van der Waals surface area contributed by atoms with Gasteiger partial charge >= 0.3 is 0 Å². The van der Waals surface area contributed by atoms with Gasteiger partial charge in [-0.2, -0.15) is 4.31 Å². The Morgan fingerprint density at radius 1 is 1.07 bits per heavy atom. The third kappa shape index (κ3) is 3.70. The highest BCUT2D eigenvalue weighted by Gasteiger charge is 2.54. The number of hydrogen-bond donors (Lipinski definition) is 1. The number of carbonyl (C=O) groups excluding carboxylic acids is 1. The second-order valence-corrected chi connectivity index (χ2v) is 12.5. The van der Waals surface area contributed by atoms with E-state index in [1.54, 1.807) is 16.4 Å². The van der Waals surface area contributed by atoms with E-state index in [9.17, 15) is 13.2 Å². The molecule has 4 saturated carbocycles. The van der Waals surface area contributed by atoms with Gasteiger partial charge in [-0.25, -0.2) is 8.42 Å². The summed E-state index contributed by atoms with van der Waals surface area (Å²) in [7, 11) is -3.41. The second-order valence-electron chi connectivity index (χ2n) is 10.6. The molecule has 1 aliphatic heterocycles. The Morgan fingerprint density at radius 3 is 2.27 bits per heavy atom. The second kappa shape index (κ2) is 7.63. The number of aryl methyl sites for hydroxylation is 1. The first-order valence-corrected chi connectivity index (χ1v) is 13.1. The molecule has 6 rings (SSSR count). The average molecular weight is 431 g/mol. The summed E-state index contributed by atoms with van der Waals surface area (Å²) in [6.45, 7) is 3.76. The van der Waals surface area contributed by atoms with E-state index in [1.807, 2.05) is 19.1 Å². The van der Waals surface area contributed by atoms with Gasteiger partial charge in [0.15, 0.2) is 0 Å². The first-order valence-electron chi connectivity index (χ1n) is 11.7. The van der Waals surface area contributed by atoms with Crippen LogP contribution in [0.15, 0.2) is 29.2 Å². The third-order valence-electron chi connectivity index (χ3n) is 8.27. The van der Waals surface area contributed by atoms with E-state index in [2.05, 4.69) is 5.32 Å². The molecule has 0 radical (unpaired) electrons. The van der Waals surface area contributed by atoms with Crippen LogP contribution in [0.1, 0.15) is 56.9 Å². The van der Waals surface area contributed by atoms with Crippen molar-refractivity contribution < 1.29 is 13.2 Å². The standard InChI is InChI=1S/C24H34N2O3S/c1-17-2-4-22(5-3-17)30(28,29)26-9-7-18(16-26)6-8-25-23(27)24-13-19-10-20(14-24)12-21(11-19)15-24/h2-5,18-21H,6-16H2,1H3,(H,25,27). The summed E-state index contributed by atoms with van der Waals surface area (Å²) in [5, 5.41) is 3.25. The molecule has 1 aromatic rings. The Kier molecular flexibility index (Phi) is 5.21. The van der Waals surface area contributed by atoms with E-state index < -0.39 is 10.0 Å². The minimum absolute atomic E-state index is 0.0920. The predicted octanol–water partition coefficient (Wildman–Crippen LogP) is 3.73. The molecule has 1 heterocycles. The Balaban J connectivity index is 1.13. The van der Waals surface area contributed by atoms with Crippen molar-refractivity contribution in [3.63, 3.8) is 0 Å². The van der Waals surface area contributed by atoms with Crippen LogP contribution >= 0.6 is 0 Å². The van der Waals surface area contributed by atoms with Crippen LogP contribution in [0.4, 0.5) is 0 Å². The lowest BCUT2D eigenvalue weighted by Gasteiger charge is -2.55. The molecule has 4 bridgehead atoms. The maximum Gasteiger partial charge on any atom is 0.243 e. The molecule has 1 saturated heterocycles. The molecule has 5 nitrogen and oxygen atoms in total. The summed E-state index contributed by atoms with van der Waals surface area (Å²) in [5.41, 5.74) is 0.966. The molecule has 1 unspecified atom stereocenters. The monoisotopic (exact) mass is 430 g/mol. The van der Waals surface area contributed by atoms with Gasteiger partial charge in [0.1, 0.15) is 0 Å². The lowest BCUT2D eigenvalue weighted by Crippen LogP contribution is -2.53. The number of benzene rings is 1. The lowest BCUT2D eigenvalue weighted by atomic mass is 9.49. The molecule has 1 amide bonds. The molecule has 30 heavy (non-hydrogen) atoms. The molecular formula is C24H34N2O3S. The molecule has 1 aromatic carbocycles. The van der Waals surface area contributed by atoms with Gasteiger partial charge in [0.2, 0.25) is 15.9 Å². The van der Waals surface area contributed by atoms with Crippen molar-refractivity contribution in [1.82, 2.24) is 9.62 Å². The molecule has 164 valence electrons. The van der Waals surface area contributed by atoms with E-state index in [1.165, 1.54) is 19.3 Å². The van der Waals surface area contributed by atoms with Gasteiger partial charge in [-0.1, -0.05) is 17.7 Å². The van der Waals surface area contributed by atoms with Crippen molar-refractivity contribution in [2.45, 2.75) is 63.2 Å². The number of carbonyl (C=O) groups is 1. The summed E-state index contributed by atoms with van der Waals surface area (Å²) in [6.07, 6.45) is 9.06. The van der Waals surface area contributed by atoms with Crippen LogP contribution in [0.25, 0.3) is 0 Å². The highest BCUT2D eigenvalue weighted by molar-refractivity contribution is 7.89. The fraction of sp³-hybridized carbons (Fsp3) is 0.708. The zero-order valence-electron chi connectivity index (χ0n) is 18.0.